The maximum absolute atomic E-state index is 6.15. The molecule has 0 atom stereocenters. The average Bonchev–Trinajstić information content (AvgIpc) is 2.28. The van der Waals surface area contributed by atoms with E-state index in [9.17, 15) is 0 Å². The number of halogens is 3. The predicted octanol–water partition coefficient (Wildman–Crippen LogP) is 4.77. The largest absolute Gasteiger partial charge is 0.326 e. The van der Waals surface area contributed by atoms with Crippen molar-refractivity contribution in [2.45, 2.75) is 6.54 Å². The molecule has 1 nitrogen and oxygen atoms in total. The summed E-state index contributed by atoms with van der Waals surface area (Å²) in [4.78, 5) is 0. The Bertz CT molecular complexity index is 512. The van der Waals surface area contributed by atoms with Gasteiger partial charge in [0.15, 0.2) is 0 Å². The third-order valence-corrected chi connectivity index (χ3v) is 3.30. The zero-order chi connectivity index (χ0) is 12.4. The molecule has 0 fully saturated rings. The standard InChI is InChI=1S/C13H10Cl3N/c14-10-5-11(15)13(12(16)6-10)9-3-1-8(7-17)2-4-9/h1-6H,7,17H2. The smallest absolute Gasteiger partial charge is 0.0514 e. The summed E-state index contributed by atoms with van der Waals surface area (Å²) in [5.41, 5.74) is 8.36. The lowest BCUT2D eigenvalue weighted by molar-refractivity contribution is 1.07. The predicted molar refractivity (Wildman–Crippen MR) is 74.8 cm³/mol. The number of benzene rings is 2. The van der Waals surface area contributed by atoms with Crippen LogP contribution in [0.2, 0.25) is 15.1 Å². The summed E-state index contributed by atoms with van der Waals surface area (Å²) in [6.07, 6.45) is 0. The van der Waals surface area contributed by atoms with Crippen LogP contribution >= 0.6 is 34.8 Å². The maximum Gasteiger partial charge on any atom is 0.0514 e. The third-order valence-electron chi connectivity index (χ3n) is 2.49. The molecule has 0 heterocycles. The molecule has 2 aromatic rings. The van der Waals surface area contributed by atoms with Crippen LogP contribution in [0.1, 0.15) is 5.56 Å². The van der Waals surface area contributed by atoms with Gasteiger partial charge in [-0.1, -0.05) is 59.1 Å². The van der Waals surface area contributed by atoms with Crippen LogP contribution in [0.25, 0.3) is 11.1 Å². The van der Waals surface area contributed by atoms with Crippen molar-refractivity contribution in [3.63, 3.8) is 0 Å². The van der Waals surface area contributed by atoms with Crippen LogP contribution in [0, 0.1) is 0 Å². The van der Waals surface area contributed by atoms with Crippen molar-refractivity contribution in [3.05, 3.63) is 57.0 Å². The van der Waals surface area contributed by atoms with Gasteiger partial charge in [0, 0.05) is 17.1 Å². The second kappa shape index (κ2) is 5.28. The van der Waals surface area contributed by atoms with Crippen LogP contribution in [0.15, 0.2) is 36.4 Å². The van der Waals surface area contributed by atoms with Gasteiger partial charge in [-0.25, -0.2) is 0 Å². The minimum absolute atomic E-state index is 0.516. The lowest BCUT2D eigenvalue weighted by atomic mass is 10.0. The Balaban J connectivity index is 2.52. The molecule has 0 saturated heterocycles. The van der Waals surface area contributed by atoms with Gasteiger partial charge in [-0.3, -0.25) is 0 Å². The number of rotatable bonds is 2. The molecule has 0 saturated carbocycles. The second-order valence-corrected chi connectivity index (χ2v) is 4.90. The summed E-state index contributed by atoms with van der Waals surface area (Å²) >= 11 is 18.2. The van der Waals surface area contributed by atoms with E-state index in [-0.39, 0.29) is 0 Å². The van der Waals surface area contributed by atoms with Crippen molar-refractivity contribution in [2.75, 3.05) is 0 Å². The Labute approximate surface area is 115 Å². The Hall–Kier alpha value is -0.730. The van der Waals surface area contributed by atoms with Gasteiger partial charge >= 0.3 is 0 Å². The molecule has 2 N–H and O–H groups in total. The highest BCUT2D eigenvalue weighted by molar-refractivity contribution is 6.41. The Morgan fingerprint density at radius 2 is 1.41 bits per heavy atom. The summed E-state index contributed by atoms with van der Waals surface area (Å²) in [7, 11) is 0. The Kier molecular flexibility index (Phi) is 3.95. The molecule has 0 aromatic heterocycles. The van der Waals surface area contributed by atoms with Crippen molar-refractivity contribution in [3.8, 4) is 11.1 Å². The molecule has 0 spiro atoms. The first-order valence-corrected chi connectivity index (χ1v) is 6.19. The molecule has 0 radical (unpaired) electrons. The van der Waals surface area contributed by atoms with E-state index in [4.69, 9.17) is 40.5 Å². The number of nitrogens with two attached hydrogens (primary N) is 1. The topological polar surface area (TPSA) is 26.0 Å². The van der Waals surface area contributed by atoms with Crippen LogP contribution in [0.5, 0.6) is 0 Å². The molecular weight excluding hydrogens is 277 g/mol. The molecule has 0 bridgehead atoms. The summed E-state index contributed by atoms with van der Waals surface area (Å²) in [6.45, 7) is 0.516. The van der Waals surface area contributed by atoms with Gasteiger partial charge in [-0.2, -0.15) is 0 Å². The van der Waals surface area contributed by atoms with Crippen LogP contribution < -0.4 is 5.73 Å². The highest BCUT2D eigenvalue weighted by atomic mass is 35.5. The Morgan fingerprint density at radius 3 is 1.88 bits per heavy atom. The van der Waals surface area contributed by atoms with Gasteiger partial charge in [-0.15, -0.1) is 0 Å². The lowest BCUT2D eigenvalue weighted by Gasteiger charge is -2.08. The molecule has 2 aromatic carbocycles. The maximum atomic E-state index is 6.15. The first-order valence-electron chi connectivity index (χ1n) is 5.05. The molecule has 0 aliphatic rings. The molecule has 2 rings (SSSR count). The van der Waals surface area contributed by atoms with Gasteiger partial charge < -0.3 is 5.73 Å². The lowest BCUT2D eigenvalue weighted by Crippen LogP contribution is -1.95. The molecule has 17 heavy (non-hydrogen) atoms. The average molecular weight is 287 g/mol. The monoisotopic (exact) mass is 285 g/mol. The van der Waals surface area contributed by atoms with Crippen LogP contribution in [0.4, 0.5) is 0 Å². The Morgan fingerprint density at radius 1 is 0.882 bits per heavy atom. The van der Waals surface area contributed by atoms with Crippen molar-refractivity contribution >= 4 is 34.8 Å². The summed E-state index contributed by atoms with van der Waals surface area (Å²) in [5.74, 6) is 0. The van der Waals surface area contributed by atoms with Crippen molar-refractivity contribution in [1.29, 1.82) is 0 Å². The molecule has 0 aliphatic carbocycles. The van der Waals surface area contributed by atoms with Crippen molar-refractivity contribution in [2.24, 2.45) is 5.73 Å². The summed E-state index contributed by atoms with van der Waals surface area (Å²) in [6, 6.07) is 11.2. The van der Waals surface area contributed by atoms with Crippen molar-refractivity contribution in [1.82, 2.24) is 0 Å². The minimum Gasteiger partial charge on any atom is -0.326 e. The van der Waals surface area contributed by atoms with E-state index < -0.39 is 0 Å². The normalized spacial score (nSPS) is 10.6. The van der Waals surface area contributed by atoms with E-state index in [0.717, 1.165) is 16.7 Å². The molecule has 0 amide bonds. The summed E-state index contributed by atoms with van der Waals surface area (Å²) in [5, 5.41) is 1.62. The first-order chi connectivity index (χ1) is 8.11. The fraction of sp³-hybridized carbons (Fsp3) is 0.0769. The van der Waals surface area contributed by atoms with Crippen LogP contribution in [0.3, 0.4) is 0 Å². The quantitative estimate of drug-likeness (QED) is 0.845. The molecule has 4 heteroatoms. The van der Waals surface area contributed by atoms with E-state index >= 15 is 0 Å². The fourth-order valence-corrected chi connectivity index (χ4v) is 2.66. The van der Waals surface area contributed by atoms with Gasteiger partial charge in [0.25, 0.3) is 0 Å². The second-order valence-electron chi connectivity index (χ2n) is 3.65. The van der Waals surface area contributed by atoms with E-state index in [2.05, 4.69) is 0 Å². The van der Waals surface area contributed by atoms with E-state index in [0.29, 0.717) is 21.6 Å². The minimum atomic E-state index is 0.516. The van der Waals surface area contributed by atoms with Crippen LogP contribution in [-0.2, 0) is 6.54 Å². The molecule has 0 unspecified atom stereocenters. The zero-order valence-electron chi connectivity index (χ0n) is 8.88. The van der Waals surface area contributed by atoms with Gasteiger partial charge in [0.05, 0.1) is 10.0 Å². The van der Waals surface area contributed by atoms with E-state index in [1.165, 1.54) is 0 Å². The van der Waals surface area contributed by atoms with Gasteiger partial charge in [0.2, 0.25) is 0 Å². The first kappa shape index (κ1) is 12.7. The highest BCUT2D eigenvalue weighted by Crippen LogP contribution is 2.37. The van der Waals surface area contributed by atoms with E-state index in [1.54, 1.807) is 12.1 Å². The zero-order valence-corrected chi connectivity index (χ0v) is 11.2. The van der Waals surface area contributed by atoms with E-state index in [1.807, 2.05) is 24.3 Å². The van der Waals surface area contributed by atoms with Gasteiger partial charge in [-0.05, 0) is 23.3 Å². The molecule has 0 aliphatic heterocycles. The number of hydrogen-bond acceptors (Lipinski definition) is 1. The van der Waals surface area contributed by atoms with Crippen molar-refractivity contribution < 1.29 is 0 Å². The molecular formula is C13H10Cl3N. The fourth-order valence-electron chi connectivity index (χ4n) is 1.63. The number of hydrogen-bond donors (Lipinski definition) is 1. The molecule has 88 valence electrons. The third kappa shape index (κ3) is 2.75. The summed E-state index contributed by atoms with van der Waals surface area (Å²) < 4.78 is 0. The highest BCUT2D eigenvalue weighted by Gasteiger charge is 2.09. The van der Waals surface area contributed by atoms with Gasteiger partial charge in [0.1, 0.15) is 0 Å². The SMILES string of the molecule is NCc1ccc(-c2c(Cl)cc(Cl)cc2Cl)cc1. The van der Waals surface area contributed by atoms with Crippen LogP contribution in [-0.4, -0.2) is 0 Å².